The number of carbonyl (C=O) groups excluding carboxylic acids is 1. The van der Waals surface area contributed by atoms with E-state index < -0.39 is 27.9 Å². The molecule has 106 valence electrons. The molecule has 0 unspecified atom stereocenters. The highest BCUT2D eigenvalue weighted by Crippen LogP contribution is 2.21. The first-order valence-electron chi connectivity index (χ1n) is 5.21. The topological polar surface area (TPSA) is 104 Å². The number of hydrogen-bond donors (Lipinski definition) is 2. The average Bonchev–Trinajstić information content (AvgIpc) is 2.78. The largest absolute Gasteiger partial charge is 0.480 e. The van der Waals surface area contributed by atoms with E-state index in [0.29, 0.717) is 0 Å². The fourth-order valence-electron chi connectivity index (χ4n) is 1.11. The highest BCUT2D eigenvalue weighted by atomic mass is 32.2. The summed E-state index contributed by atoms with van der Waals surface area (Å²) in [5.74, 6) is -1.77. The average molecular weight is 306 g/mol. The van der Waals surface area contributed by atoms with Crippen molar-refractivity contribution >= 4 is 33.2 Å². The Morgan fingerprint density at radius 1 is 1.42 bits per heavy atom. The van der Waals surface area contributed by atoms with E-state index in [4.69, 9.17) is 5.11 Å². The van der Waals surface area contributed by atoms with Crippen LogP contribution >= 0.6 is 11.3 Å². The molecular formula is C10H14N2O5S2. The number of rotatable bonds is 5. The fraction of sp³-hybridized carbons (Fsp3) is 0.400. The van der Waals surface area contributed by atoms with E-state index in [1.54, 1.807) is 0 Å². The number of carboxylic acid groups (broad SMARTS) is 1. The van der Waals surface area contributed by atoms with Gasteiger partial charge in [0.25, 0.3) is 5.91 Å². The molecule has 2 N–H and O–H groups in total. The van der Waals surface area contributed by atoms with Crippen molar-refractivity contribution in [3.8, 4) is 0 Å². The van der Waals surface area contributed by atoms with E-state index in [2.05, 4.69) is 5.32 Å². The van der Waals surface area contributed by atoms with Crippen LogP contribution < -0.4 is 5.32 Å². The predicted molar refractivity (Wildman–Crippen MR) is 69.8 cm³/mol. The molecule has 0 aliphatic rings. The third-order valence-corrected chi connectivity index (χ3v) is 5.17. The summed E-state index contributed by atoms with van der Waals surface area (Å²) in [5.41, 5.74) is 0. The van der Waals surface area contributed by atoms with Crippen molar-refractivity contribution in [2.75, 3.05) is 14.1 Å². The molecule has 0 radical (unpaired) electrons. The van der Waals surface area contributed by atoms with Crippen molar-refractivity contribution < 1.29 is 23.1 Å². The Morgan fingerprint density at radius 2 is 2.00 bits per heavy atom. The van der Waals surface area contributed by atoms with Gasteiger partial charge in [0.2, 0.25) is 10.0 Å². The Bertz CT molecular complexity index is 591. The number of sulfonamides is 1. The Labute approximate surface area is 114 Å². The van der Waals surface area contributed by atoms with Gasteiger partial charge in [0.1, 0.15) is 6.04 Å². The van der Waals surface area contributed by atoms with Crippen LogP contribution in [0.1, 0.15) is 16.6 Å². The minimum atomic E-state index is -3.59. The highest BCUT2D eigenvalue weighted by molar-refractivity contribution is 7.89. The van der Waals surface area contributed by atoms with E-state index in [-0.39, 0.29) is 9.77 Å². The van der Waals surface area contributed by atoms with E-state index in [0.717, 1.165) is 15.6 Å². The monoisotopic (exact) mass is 306 g/mol. The Hall–Kier alpha value is -1.45. The van der Waals surface area contributed by atoms with Gasteiger partial charge in [-0.05, 0) is 13.0 Å². The van der Waals surface area contributed by atoms with Crippen molar-refractivity contribution in [2.45, 2.75) is 17.9 Å². The quantitative estimate of drug-likeness (QED) is 0.809. The maximum absolute atomic E-state index is 11.8. The second-order valence-electron chi connectivity index (χ2n) is 3.97. The Balaban J connectivity index is 2.92. The zero-order valence-corrected chi connectivity index (χ0v) is 12.2. The molecule has 9 heteroatoms. The zero-order valence-electron chi connectivity index (χ0n) is 10.6. The number of amides is 1. The van der Waals surface area contributed by atoms with Crippen LogP contribution in [0.3, 0.4) is 0 Å². The lowest BCUT2D eigenvalue weighted by molar-refractivity contribution is -0.138. The number of hydrogen-bond acceptors (Lipinski definition) is 5. The van der Waals surface area contributed by atoms with Gasteiger partial charge in [-0.2, -0.15) is 0 Å². The number of thiophene rings is 1. The van der Waals surface area contributed by atoms with Crippen molar-refractivity contribution in [2.24, 2.45) is 0 Å². The standard InChI is InChI=1S/C10H14N2O5S2/c1-6(10(14)15)11-9(13)8-4-7(5-18-8)19(16,17)12(2)3/h4-6H,1-3H3,(H,11,13)(H,14,15)/t6-/m1/s1. The summed E-state index contributed by atoms with van der Waals surface area (Å²) in [7, 11) is -0.811. The lowest BCUT2D eigenvalue weighted by Crippen LogP contribution is -2.37. The number of aliphatic carboxylic acids is 1. The van der Waals surface area contributed by atoms with Gasteiger partial charge in [0.15, 0.2) is 0 Å². The van der Waals surface area contributed by atoms with Gasteiger partial charge in [0.05, 0.1) is 9.77 Å². The molecule has 0 aliphatic carbocycles. The molecule has 1 rings (SSSR count). The number of carboxylic acids is 1. The van der Waals surface area contributed by atoms with Gasteiger partial charge in [0, 0.05) is 19.5 Å². The zero-order chi connectivity index (χ0) is 14.8. The van der Waals surface area contributed by atoms with Crippen molar-refractivity contribution in [3.63, 3.8) is 0 Å². The van der Waals surface area contributed by atoms with E-state index in [1.165, 1.54) is 32.5 Å². The van der Waals surface area contributed by atoms with Crippen LogP contribution in [0.5, 0.6) is 0 Å². The van der Waals surface area contributed by atoms with Gasteiger partial charge in [-0.25, -0.2) is 12.7 Å². The molecule has 1 amide bonds. The maximum Gasteiger partial charge on any atom is 0.325 e. The van der Waals surface area contributed by atoms with Crippen LogP contribution in [-0.2, 0) is 14.8 Å². The van der Waals surface area contributed by atoms with E-state index in [9.17, 15) is 18.0 Å². The molecule has 0 fully saturated rings. The summed E-state index contributed by atoms with van der Waals surface area (Å²) in [5, 5.41) is 12.3. The third kappa shape index (κ3) is 3.52. The molecule has 7 nitrogen and oxygen atoms in total. The minimum absolute atomic E-state index is 0.00984. The first kappa shape index (κ1) is 15.6. The fourth-order valence-corrected chi connectivity index (χ4v) is 3.18. The van der Waals surface area contributed by atoms with Crippen molar-refractivity contribution in [3.05, 3.63) is 16.3 Å². The summed E-state index contributed by atoms with van der Waals surface area (Å²) in [4.78, 5) is 22.5. The molecule has 0 bridgehead atoms. The first-order chi connectivity index (χ1) is 8.66. The van der Waals surface area contributed by atoms with Crippen LogP contribution in [0, 0.1) is 0 Å². The van der Waals surface area contributed by atoms with Crippen molar-refractivity contribution in [1.29, 1.82) is 0 Å². The number of carbonyl (C=O) groups is 2. The summed E-state index contributed by atoms with van der Waals surface area (Å²) in [6.45, 7) is 1.32. The smallest absolute Gasteiger partial charge is 0.325 e. The van der Waals surface area contributed by atoms with Crippen LogP contribution in [-0.4, -0.2) is 49.8 Å². The molecule has 1 aromatic heterocycles. The van der Waals surface area contributed by atoms with E-state index >= 15 is 0 Å². The van der Waals surface area contributed by atoms with E-state index in [1.807, 2.05) is 0 Å². The molecule has 1 atom stereocenters. The minimum Gasteiger partial charge on any atom is -0.480 e. The number of nitrogens with one attached hydrogen (secondary N) is 1. The molecular weight excluding hydrogens is 292 g/mol. The predicted octanol–water partition coefficient (Wildman–Crippen LogP) is 0.201. The molecule has 0 spiro atoms. The SMILES string of the molecule is C[C@@H](NC(=O)c1cc(S(=O)(=O)N(C)C)cs1)C(=O)O. The van der Waals surface area contributed by atoms with Gasteiger partial charge >= 0.3 is 5.97 Å². The summed E-state index contributed by atoms with van der Waals surface area (Å²) in [6, 6.07) is 0.188. The summed E-state index contributed by atoms with van der Waals surface area (Å²) >= 11 is 0.945. The normalized spacial score (nSPS) is 13.3. The maximum atomic E-state index is 11.8. The van der Waals surface area contributed by atoms with Crippen LogP contribution in [0.25, 0.3) is 0 Å². The van der Waals surface area contributed by atoms with Gasteiger partial charge < -0.3 is 10.4 Å². The summed E-state index contributed by atoms with van der Waals surface area (Å²) in [6.07, 6.45) is 0. The van der Waals surface area contributed by atoms with Gasteiger partial charge in [-0.15, -0.1) is 11.3 Å². The lowest BCUT2D eigenvalue weighted by atomic mass is 10.3. The molecule has 0 aliphatic heterocycles. The molecule has 0 saturated carbocycles. The second-order valence-corrected chi connectivity index (χ2v) is 7.03. The van der Waals surface area contributed by atoms with Crippen LogP contribution in [0.2, 0.25) is 0 Å². The Kier molecular flexibility index (Phi) is 4.66. The van der Waals surface area contributed by atoms with Crippen LogP contribution in [0.4, 0.5) is 0 Å². The molecule has 1 aromatic rings. The molecule has 1 heterocycles. The van der Waals surface area contributed by atoms with Crippen LogP contribution in [0.15, 0.2) is 16.3 Å². The number of nitrogens with zero attached hydrogens (tertiary/aromatic N) is 1. The Morgan fingerprint density at radius 3 is 2.47 bits per heavy atom. The molecule has 19 heavy (non-hydrogen) atoms. The van der Waals surface area contributed by atoms with Gasteiger partial charge in [-0.1, -0.05) is 0 Å². The lowest BCUT2D eigenvalue weighted by Gasteiger charge is -2.09. The van der Waals surface area contributed by atoms with Crippen molar-refractivity contribution in [1.82, 2.24) is 9.62 Å². The molecule has 0 aromatic carbocycles. The third-order valence-electron chi connectivity index (χ3n) is 2.30. The molecule has 0 saturated heterocycles. The summed E-state index contributed by atoms with van der Waals surface area (Å²) < 4.78 is 24.6. The second kappa shape index (κ2) is 5.68. The highest BCUT2D eigenvalue weighted by Gasteiger charge is 2.22. The van der Waals surface area contributed by atoms with Gasteiger partial charge in [-0.3, -0.25) is 9.59 Å². The first-order valence-corrected chi connectivity index (χ1v) is 7.53.